The summed E-state index contributed by atoms with van der Waals surface area (Å²) < 4.78 is 3.21. The maximum Gasteiger partial charge on any atom is 0.193 e. The molecule has 0 aliphatic carbocycles. The van der Waals surface area contributed by atoms with Gasteiger partial charge in [-0.15, -0.1) is 0 Å². The standard InChI is InChI=1S/C16H22BrN5/c1-18-16(20-8-6-13-5-4-7-19-10-13)22(3)12-15-9-14(17)11-21(15)2/h4-5,7,9-11H,6,8,12H2,1-3H3,(H,18,20). The van der Waals surface area contributed by atoms with E-state index < -0.39 is 0 Å². The van der Waals surface area contributed by atoms with Crippen molar-refractivity contribution in [2.75, 3.05) is 20.6 Å². The van der Waals surface area contributed by atoms with Crippen LogP contribution in [-0.2, 0) is 20.0 Å². The van der Waals surface area contributed by atoms with Gasteiger partial charge in [0.15, 0.2) is 5.96 Å². The quantitative estimate of drug-likeness (QED) is 0.655. The summed E-state index contributed by atoms with van der Waals surface area (Å²) in [5.74, 6) is 0.890. The van der Waals surface area contributed by atoms with E-state index in [1.54, 1.807) is 6.20 Å². The summed E-state index contributed by atoms with van der Waals surface area (Å²) in [6, 6.07) is 6.17. The first-order valence-electron chi connectivity index (χ1n) is 7.21. The molecule has 0 spiro atoms. The van der Waals surface area contributed by atoms with Gasteiger partial charge in [-0.3, -0.25) is 9.98 Å². The maximum atomic E-state index is 4.35. The highest BCUT2D eigenvalue weighted by atomic mass is 79.9. The smallest absolute Gasteiger partial charge is 0.193 e. The molecule has 0 saturated carbocycles. The van der Waals surface area contributed by atoms with Crippen molar-refractivity contribution in [3.8, 4) is 0 Å². The molecule has 0 radical (unpaired) electrons. The lowest BCUT2D eigenvalue weighted by atomic mass is 10.2. The van der Waals surface area contributed by atoms with Crippen molar-refractivity contribution in [1.29, 1.82) is 0 Å². The minimum atomic E-state index is 0.800. The SMILES string of the molecule is CN=C(NCCc1cccnc1)N(C)Cc1cc(Br)cn1C. The summed E-state index contributed by atoms with van der Waals surface area (Å²) in [5.41, 5.74) is 2.45. The molecular weight excluding hydrogens is 342 g/mol. The largest absolute Gasteiger partial charge is 0.356 e. The number of rotatable bonds is 5. The van der Waals surface area contributed by atoms with Crippen LogP contribution in [0.1, 0.15) is 11.3 Å². The highest BCUT2D eigenvalue weighted by molar-refractivity contribution is 9.10. The molecule has 118 valence electrons. The van der Waals surface area contributed by atoms with Crippen LogP contribution in [0.4, 0.5) is 0 Å². The molecule has 0 unspecified atom stereocenters. The fourth-order valence-corrected chi connectivity index (χ4v) is 2.86. The number of nitrogens with zero attached hydrogens (tertiary/aromatic N) is 4. The minimum absolute atomic E-state index is 0.800. The number of aryl methyl sites for hydroxylation is 1. The summed E-state index contributed by atoms with van der Waals surface area (Å²) in [6.45, 7) is 1.63. The third-order valence-corrected chi connectivity index (χ3v) is 3.90. The summed E-state index contributed by atoms with van der Waals surface area (Å²) in [6.07, 6.45) is 6.68. The lowest BCUT2D eigenvalue weighted by Gasteiger charge is -2.22. The maximum absolute atomic E-state index is 4.35. The first-order valence-corrected chi connectivity index (χ1v) is 8.01. The average molecular weight is 364 g/mol. The van der Waals surface area contributed by atoms with E-state index in [0.717, 1.165) is 29.9 Å². The molecule has 0 atom stereocenters. The van der Waals surface area contributed by atoms with Crippen LogP contribution in [0.3, 0.4) is 0 Å². The van der Waals surface area contributed by atoms with Crippen molar-refractivity contribution in [3.63, 3.8) is 0 Å². The molecule has 0 saturated heterocycles. The Morgan fingerprint density at radius 3 is 2.91 bits per heavy atom. The zero-order valence-corrected chi connectivity index (χ0v) is 14.8. The van der Waals surface area contributed by atoms with Crippen molar-refractivity contribution < 1.29 is 0 Å². The van der Waals surface area contributed by atoms with E-state index >= 15 is 0 Å². The second-order valence-corrected chi connectivity index (χ2v) is 6.12. The van der Waals surface area contributed by atoms with Crippen LogP contribution in [0.2, 0.25) is 0 Å². The highest BCUT2D eigenvalue weighted by Crippen LogP contribution is 2.14. The van der Waals surface area contributed by atoms with Gasteiger partial charge in [0.2, 0.25) is 0 Å². The monoisotopic (exact) mass is 363 g/mol. The zero-order valence-electron chi connectivity index (χ0n) is 13.3. The van der Waals surface area contributed by atoms with E-state index in [9.17, 15) is 0 Å². The van der Waals surface area contributed by atoms with Crippen molar-refractivity contribution in [2.45, 2.75) is 13.0 Å². The Morgan fingerprint density at radius 1 is 1.50 bits per heavy atom. The van der Waals surface area contributed by atoms with Crippen LogP contribution >= 0.6 is 15.9 Å². The van der Waals surface area contributed by atoms with E-state index in [4.69, 9.17) is 0 Å². The highest BCUT2D eigenvalue weighted by Gasteiger charge is 2.09. The van der Waals surface area contributed by atoms with Crippen LogP contribution in [0.15, 0.2) is 46.3 Å². The van der Waals surface area contributed by atoms with Crippen molar-refractivity contribution in [1.82, 2.24) is 19.8 Å². The van der Waals surface area contributed by atoms with Crippen LogP contribution in [-0.4, -0.2) is 41.1 Å². The fourth-order valence-electron chi connectivity index (χ4n) is 2.29. The lowest BCUT2D eigenvalue weighted by molar-refractivity contribution is 0.462. The van der Waals surface area contributed by atoms with Gasteiger partial charge in [0, 0.05) is 56.4 Å². The average Bonchev–Trinajstić information content (AvgIpc) is 2.82. The molecule has 2 rings (SSSR count). The molecule has 2 heterocycles. The Balaban J connectivity index is 1.87. The molecule has 0 fully saturated rings. The van der Waals surface area contributed by atoms with Gasteiger partial charge in [0.1, 0.15) is 0 Å². The Hall–Kier alpha value is -1.82. The molecule has 5 nitrogen and oxygen atoms in total. The number of halogens is 1. The fraction of sp³-hybridized carbons (Fsp3) is 0.375. The van der Waals surface area contributed by atoms with Gasteiger partial charge in [-0.05, 0) is 40.0 Å². The molecule has 0 amide bonds. The number of aliphatic imine (C=N–C) groups is 1. The first kappa shape index (κ1) is 16.5. The van der Waals surface area contributed by atoms with Gasteiger partial charge in [-0.1, -0.05) is 6.07 Å². The van der Waals surface area contributed by atoms with Gasteiger partial charge in [-0.2, -0.15) is 0 Å². The Morgan fingerprint density at radius 2 is 2.32 bits per heavy atom. The van der Waals surface area contributed by atoms with E-state index in [-0.39, 0.29) is 0 Å². The predicted molar refractivity (Wildman–Crippen MR) is 93.9 cm³/mol. The molecule has 0 bridgehead atoms. The Bertz CT molecular complexity index is 621. The second kappa shape index (κ2) is 7.98. The summed E-state index contributed by atoms with van der Waals surface area (Å²) in [4.78, 5) is 10.6. The van der Waals surface area contributed by atoms with Crippen molar-refractivity contribution in [2.24, 2.45) is 12.0 Å². The Kier molecular flexibility index (Phi) is 6.00. The first-order chi connectivity index (χ1) is 10.6. The van der Waals surface area contributed by atoms with Crippen LogP contribution in [0.5, 0.6) is 0 Å². The van der Waals surface area contributed by atoms with Crippen molar-refractivity contribution >= 4 is 21.9 Å². The van der Waals surface area contributed by atoms with Gasteiger partial charge in [-0.25, -0.2) is 0 Å². The molecule has 22 heavy (non-hydrogen) atoms. The number of aromatic nitrogens is 2. The second-order valence-electron chi connectivity index (χ2n) is 5.20. The van der Waals surface area contributed by atoms with Gasteiger partial charge >= 0.3 is 0 Å². The Labute approximate surface area is 140 Å². The molecule has 6 heteroatoms. The normalized spacial score (nSPS) is 11.5. The topological polar surface area (TPSA) is 45.5 Å². The molecule has 1 N–H and O–H groups in total. The predicted octanol–water partition coefficient (Wildman–Crippen LogP) is 2.43. The summed E-state index contributed by atoms with van der Waals surface area (Å²) >= 11 is 3.50. The van der Waals surface area contributed by atoms with E-state index in [0.29, 0.717) is 0 Å². The van der Waals surface area contributed by atoms with Crippen LogP contribution < -0.4 is 5.32 Å². The summed E-state index contributed by atoms with van der Waals surface area (Å²) in [7, 11) is 5.90. The van der Waals surface area contributed by atoms with Gasteiger partial charge in [0.05, 0.1) is 6.54 Å². The number of nitrogens with one attached hydrogen (secondary N) is 1. The molecule has 2 aromatic rings. The minimum Gasteiger partial charge on any atom is -0.356 e. The third-order valence-electron chi connectivity index (χ3n) is 3.47. The van der Waals surface area contributed by atoms with Gasteiger partial charge in [0.25, 0.3) is 0 Å². The molecule has 0 aromatic carbocycles. The van der Waals surface area contributed by atoms with Crippen LogP contribution in [0.25, 0.3) is 0 Å². The number of hydrogen-bond donors (Lipinski definition) is 1. The molecule has 0 aliphatic rings. The van der Waals surface area contributed by atoms with Crippen molar-refractivity contribution in [3.05, 3.63) is 52.5 Å². The number of guanidine groups is 1. The van der Waals surface area contributed by atoms with E-state index in [1.807, 2.05) is 33.4 Å². The summed E-state index contributed by atoms with van der Waals surface area (Å²) in [5, 5.41) is 3.39. The zero-order chi connectivity index (χ0) is 15.9. The van der Waals surface area contributed by atoms with E-state index in [2.05, 4.69) is 59.0 Å². The lowest BCUT2D eigenvalue weighted by Crippen LogP contribution is -2.39. The van der Waals surface area contributed by atoms with Crippen LogP contribution in [0, 0.1) is 0 Å². The number of hydrogen-bond acceptors (Lipinski definition) is 2. The molecule has 0 aliphatic heterocycles. The number of pyridine rings is 1. The molecular formula is C16H22BrN5. The third kappa shape index (κ3) is 4.59. The van der Waals surface area contributed by atoms with Gasteiger partial charge < -0.3 is 14.8 Å². The molecule has 2 aromatic heterocycles. The van der Waals surface area contributed by atoms with E-state index in [1.165, 1.54) is 11.3 Å².